The molecule has 1 saturated heterocycles. The van der Waals surface area contributed by atoms with Gasteiger partial charge in [0.05, 0.1) is 6.20 Å². The number of hydrogen-bond donors (Lipinski definition) is 1. The Labute approximate surface area is 173 Å². The molecule has 0 amide bonds. The fourth-order valence-corrected chi connectivity index (χ4v) is 3.35. The minimum atomic E-state index is 0. The lowest BCUT2D eigenvalue weighted by Gasteiger charge is -2.21. The van der Waals surface area contributed by atoms with Crippen LogP contribution in [0.15, 0.2) is 41.7 Å². The zero-order valence-corrected chi connectivity index (χ0v) is 18.3. The van der Waals surface area contributed by atoms with E-state index in [0.29, 0.717) is 5.92 Å². The van der Waals surface area contributed by atoms with Crippen molar-refractivity contribution in [1.82, 2.24) is 20.0 Å². The molecule has 1 aromatic carbocycles. The van der Waals surface area contributed by atoms with Crippen molar-refractivity contribution in [3.63, 3.8) is 0 Å². The second kappa shape index (κ2) is 9.94. The monoisotopic (exact) mass is 467 g/mol. The first-order valence-electron chi connectivity index (χ1n) is 9.23. The highest BCUT2D eigenvalue weighted by Gasteiger charge is 2.26. The van der Waals surface area contributed by atoms with Gasteiger partial charge in [-0.3, -0.25) is 9.67 Å². The number of rotatable bonds is 5. The van der Waals surface area contributed by atoms with Gasteiger partial charge in [0, 0.05) is 45.3 Å². The van der Waals surface area contributed by atoms with Gasteiger partial charge in [-0.25, -0.2) is 0 Å². The first kappa shape index (κ1) is 20.7. The van der Waals surface area contributed by atoms with Crippen LogP contribution in [0.3, 0.4) is 0 Å². The maximum absolute atomic E-state index is 4.86. The summed E-state index contributed by atoms with van der Waals surface area (Å²) in [6.07, 6.45) is 6.27. The lowest BCUT2D eigenvalue weighted by atomic mass is 10.0. The van der Waals surface area contributed by atoms with Gasteiger partial charge in [-0.1, -0.05) is 29.8 Å². The maximum Gasteiger partial charge on any atom is 0.193 e. The van der Waals surface area contributed by atoms with Crippen LogP contribution in [-0.4, -0.2) is 46.8 Å². The van der Waals surface area contributed by atoms with Gasteiger partial charge in [0.2, 0.25) is 0 Å². The Kier molecular flexibility index (Phi) is 7.93. The van der Waals surface area contributed by atoms with E-state index in [4.69, 9.17) is 4.99 Å². The predicted octanol–water partition coefficient (Wildman–Crippen LogP) is 3.34. The molecule has 1 aromatic heterocycles. The molecule has 26 heavy (non-hydrogen) atoms. The van der Waals surface area contributed by atoms with Crippen molar-refractivity contribution in [1.29, 1.82) is 0 Å². The highest BCUT2D eigenvalue weighted by Crippen LogP contribution is 2.26. The molecule has 6 heteroatoms. The summed E-state index contributed by atoms with van der Waals surface area (Å²) in [4.78, 5) is 7.24. The van der Waals surface area contributed by atoms with E-state index in [1.807, 2.05) is 17.9 Å². The van der Waals surface area contributed by atoms with Crippen molar-refractivity contribution in [2.24, 2.45) is 12.0 Å². The molecule has 1 unspecified atom stereocenters. The molecule has 142 valence electrons. The number of aliphatic imine (C=N–C) groups is 1. The Balaban J connectivity index is 0.00000243. The smallest absolute Gasteiger partial charge is 0.193 e. The third kappa shape index (κ3) is 5.46. The van der Waals surface area contributed by atoms with Gasteiger partial charge in [-0.05, 0) is 37.8 Å². The van der Waals surface area contributed by atoms with Crippen LogP contribution in [0, 0.1) is 6.92 Å². The number of aryl methyl sites for hydroxylation is 2. The van der Waals surface area contributed by atoms with E-state index in [1.165, 1.54) is 16.7 Å². The predicted molar refractivity (Wildman–Crippen MR) is 118 cm³/mol. The minimum absolute atomic E-state index is 0. The molecule has 2 aromatic rings. The van der Waals surface area contributed by atoms with Crippen molar-refractivity contribution in [3.05, 3.63) is 53.3 Å². The molecule has 0 saturated carbocycles. The van der Waals surface area contributed by atoms with Gasteiger partial charge in [0.1, 0.15) is 0 Å². The molecule has 1 N–H and O–H groups in total. The number of nitrogens with one attached hydrogen (secondary N) is 1. The van der Waals surface area contributed by atoms with Crippen LogP contribution in [0.5, 0.6) is 0 Å². The van der Waals surface area contributed by atoms with E-state index in [2.05, 4.69) is 59.6 Å². The second-order valence-corrected chi connectivity index (χ2v) is 6.85. The number of likely N-dealkylation sites (tertiary alicyclic amines) is 1. The first-order valence-corrected chi connectivity index (χ1v) is 9.23. The largest absolute Gasteiger partial charge is 0.357 e. The van der Waals surface area contributed by atoms with Gasteiger partial charge in [0.25, 0.3) is 0 Å². The molecule has 0 radical (unpaired) electrons. The average Bonchev–Trinajstić information content (AvgIpc) is 3.25. The number of halogens is 1. The summed E-state index contributed by atoms with van der Waals surface area (Å²) in [6, 6.07) is 8.74. The third-order valence-corrected chi connectivity index (χ3v) is 4.80. The molecule has 1 atom stereocenters. The summed E-state index contributed by atoms with van der Waals surface area (Å²) in [7, 11) is 1.98. The lowest BCUT2D eigenvalue weighted by Crippen LogP contribution is -2.40. The molecule has 5 nitrogen and oxygen atoms in total. The summed E-state index contributed by atoms with van der Waals surface area (Å²) in [5.74, 6) is 1.59. The highest BCUT2D eigenvalue weighted by atomic mass is 127. The Hall–Kier alpha value is -1.57. The molecule has 1 aliphatic heterocycles. The molecule has 1 fully saturated rings. The van der Waals surface area contributed by atoms with Gasteiger partial charge in [-0.15, -0.1) is 24.0 Å². The number of guanidine groups is 1. The minimum Gasteiger partial charge on any atom is -0.357 e. The van der Waals surface area contributed by atoms with Gasteiger partial charge < -0.3 is 10.2 Å². The van der Waals surface area contributed by atoms with Crippen molar-refractivity contribution >= 4 is 29.9 Å². The Morgan fingerprint density at radius 2 is 2.08 bits per heavy atom. The Bertz CT molecular complexity index is 707. The van der Waals surface area contributed by atoms with Gasteiger partial charge in [-0.2, -0.15) is 5.10 Å². The molecular weight excluding hydrogens is 437 g/mol. The number of benzene rings is 1. The first-order chi connectivity index (χ1) is 12.2. The van der Waals surface area contributed by atoms with E-state index in [-0.39, 0.29) is 24.0 Å². The summed E-state index contributed by atoms with van der Waals surface area (Å²) in [6.45, 7) is 8.04. The summed E-state index contributed by atoms with van der Waals surface area (Å²) in [5.41, 5.74) is 3.99. The highest BCUT2D eigenvalue weighted by molar-refractivity contribution is 14.0. The molecule has 3 rings (SSSR count). The van der Waals surface area contributed by atoms with E-state index in [9.17, 15) is 0 Å². The molecular formula is C20H30IN5. The zero-order chi connectivity index (χ0) is 17.6. The third-order valence-electron chi connectivity index (χ3n) is 4.80. The SMILES string of the molecule is CCNC(=NCCc1ccc(C)cc1)N1CCC(c2cnn(C)c2)C1.I. The van der Waals surface area contributed by atoms with Crippen LogP contribution in [0.1, 0.15) is 36.0 Å². The molecule has 0 bridgehead atoms. The molecule has 1 aliphatic rings. The second-order valence-electron chi connectivity index (χ2n) is 6.85. The van der Waals surface area contributed by atoms with E-state index in [0.717, 1.165) is 45.0 Å². The van der Waals surface area contributed by atoms with Crippen molar-refractivity contribution in [2.75, 3.05) is 26.2 Å². The summed E-state index contributed by atoms with van der Waals surface area (Å²) in [5, 5.41) is 7.76. The number of aromatic nitrogens is 2. The van der Waals surface area contributed by atoms with Gasteiger partial charge >= 0.3 is 0 Å². The number of nitrogens with zero attached hydrogens (tertiary/aromatic N) is 4. The van der Waals surface area contributed by atoms with E-state index in [1.54, 1.807) is 0 Å². The van der Waals surface area contributed by atoms with E-state index < -0.39 is 0 Å². The van der Waals surface area contributed by atoms with Crippen molar-refractivity contribution in [2.45, 2.75) is 32.6 Å². The van der Waals surface area contributed by atoms with Crippen LogP contribution in [-0.2, 0) is 13.5 Å². The number of hydrogen-bond acceptors (Lipinski definition) is 2. The van der Waals surface area contributed by atoms with Gasteiger partial charge in [0.15, 0.2) is 5.96 Å². The van der Waals surface area contributed by atoms with Crippen LogP contribution in [0.4, 0.5) is 0 Å². The summed E-state index contributed by atoms with van der Waals surface area (Å²) < 4.78 is 1.89. The lowest BCUT2D eigenvalue weighted by molar-refractivity contribution is 0.486. The average molecular weight is 467 g/mol. The fourth-order valence-electron chi connectivity index (χ4n) is 3.35. The zero-order valence-electron chi connectivity index (χ0n) is 16.0. The van der Waals surface area contributed by atoms with Crippen LogP contribution < -0.4 is 5.32 Å². The normalized spacial score (nSPS) is 17.3. The van der Waals surface area contributed by atoms with Crippen LogP contribution >= 0.6 is 24.0 Å². The maximum atomic E-state index is 4.86. The summed E-state index contributed by atoms with van der Waals surface area (Å²) >= 11 is 0. The van der Waals surface area contributed by atoms with Crippen molar-refractivity contribution in [3.8, 4) is 0 Å². The molecule has 2 heterocycles. The Morgan fingerprint density at radius 1 is 1.31 bits per heavy atom. The van der Waals surface area contributed by atoms with E-state index >= 15 is 0 Å². The standard InChI is InChI=1S/C20H29N5.HI/c1-4-21-20(22-11-9-17-7-5-16(2)6-8-17)25-12-10-18(15-25)19-13-23-24(3)14-19;/h5-8,13-14,18H,4,9-12,15H2,1-3H3,(H,21,22);1H. The fraction of sp³-hybridized carbons (Fsp3) is 0.500. The van der Waals surface area contributed by atoms with Crippen molar-refractivity contribution < 1.29 is 0 Å². The quantitative estimate of drug-likeness (QED) is 0.417. The van der Waals surface area contributed by atoms with Crippen LogP contribution in [0.25, 0.3) is 0 Å². The van der Waals surface area contributed by atoms with Crippen LogP contribution in [0.2, 0.25) is 0 Å². The Morgan fingerprint density at radius 3 is 2.73 bits per heavy atom. The topological polar surface area (TPSA) is 45.5 Å². The molecule has 0 aliphatic carbocycles. The molecule has 0 spiro atoms.